The Balaban J connectivity index is 1.95. The standard InChI is InChI=1S/C21H31NO4/c1-3-17-9-8-12-19(15-17)26-16-20(23)22(14-13-21(24)25-4-2)18-10-6-5-7-11-18/h8-9,12,15,18H,3-7,10-11,13-14,16H2,1-2H3. The molecule has 1 aliphatic carbocycles. The molecule has 0 heterocycles. The smallest absolute Gasteiger partial charge is 0.307 e. The molecule has 144 valence electrons. The molecule has 5 nitrogen and oxygen atoms in total. The Morgan fingerprint density at radius 2 is 1.92 bits per heavy atom. The first-order valence-corrected chi connectivity index (χ1v) is 9.80. The third kappa shape index (κ3) is 6.36. The van der Waals surface area contributed by atoms with Gasteiger partial charge in [0.15, 0.2) is 6.61 Å². The number of carbonyl (C=O) groups is 2. The number of hydrogen-bond acceptors (Lipinski definition) is 4. The largest absolute Gasteiger partial charge is 0.484 e. The summed E-state index contributed by atoms with van der Waals surface area (Å²) in [5.41, 5.74) is 1.18. The van der Waals surface area contributed by atoms with Gasteiger partial charge in [-0.15, -0.1) is 0 Å². The molecule has 0 spiro atoms. The van der Waals surface area contributed by atoms with Gasteiger partial charge in [0.25, 0.3) is 5.91 Å². The van der Waals surface area contributed by atoms with Gasteiger partial charge in [-0.3, -0.25) is 9.59 Å². The lowest BCUT2D eigenvalue weighted by Crippen LogP contribution is -2.45. The van der Waals surface area contributed by atoms with Crippen LogP contribution >= 0.6 is 0 Å². The van der Waals surface area contributed by atoms with Crippen LogP contribution in [0.2, 0.25) is 0 Å². The first kappa shape index (κ1) is 20.3. The first-order chi connectivity index (χ1) is 12.6. The van der Waals surface area contributed by atoms with E-state index in [4.69, 9.17) is 9.47 Å². The van der Waals surface area contributed by atoms with Crippen molar-refractivity contribution in [2.45, 2.75) is 64.8 Å². The zero-order valence-corrected chi connectivity index (χ0v) is 16.0. The van der Waals surface area contributed by atoms with Crippen molar-refractivity contribution >= 4 is 11.9 Å². The molecule has 0 bridgehead atoms. The van der Waals surface area contributed by atoms with Gasteiger partial charge >= 0.3 is 5.97 Å². The van der Waals surface area contributed by atoms with Gasteiger partial charge in [0, 0.05) is 12.6 Å². The fourth-order valence-electron chi connectivity index (χ4n) is 3.43. The van der Waals surface area contributed by atoms with Crippen LogP contribution in [0.3, 0.4) is 0 Å². The third-order valence-corrected chi connectivity index (χ3v) is 4.87. The molecule has 1 saturated carbocycles. The molecule has 0 aliphatic heterocycles. The Bertz CT molecular complexity index is 581. The number of hydrogen-bond donors (Lipinski definition) is 0. The summed E-state index contributed by atoms with van der Waals surface area (Å²) in [5, 5.41) is 0. The van der Waals surface area contributed by atoms with E-state index in [1.165, 1.54) is 12.0 Å². The van der Waals surface area contributed by atoms with Crippen LogP contribution in [0.5, 0.6) is 5.75 Å². The molecule has 1 aromatic carbocycles. The highest BCUT2D eigenvalue weighted by atomic mass is 16.5. The van der Waals surface area contributed by atoms with E-state index < -0.39 is 0 Å². The van der Waals surface area contributed by atoms with E-state index in [9.17, 15) is 9.59 Å². The van der Waals surface area contributed by atoms with Crippen LogP contribution < -0.4 is 4.74 Å². The van der Waals surface area contributed by atoms with Crippen molar-refractivity contribution in [1.29, 1.82) is 0 Å². The predicted octanol–water partition coefficient (Wildman–Crippen LogP) is 3.74. The second-order valence-electron chi connectivity index (χ2n) is 6.72. The van der Waals surface area contributed by atoms with Gasteiger partial charge < -0.3 is 14.4 Å². The molecule has 5 heteroatoms. The van der Waals surface area contributed by atoms with Gasteiger partial charge in [-0.2, -0.15) is 0 Å². The Kier molecular flexibility index (Phi) is 8.45. The zero-order chi connectivity index (χ0) is 18.8. The van der Waals surface area contributed by atoms with Gasteiger partial charge in [-0.25, -0.2) is 0 Å². The summed E-state index contributed by atoms with van der Waals surface area (Å²) in [5.74, 6) is 0.410. The highest BCUT2D eigenvalue weighted by Crippen LogP contribution is 2.23. The second-order valence-corrected chi connectivity index (χ2v) is 6.72. The third-order valence-electron chi connectivity index (χ3n) is 4.87. The van der Waals surface area contributed by atoms with Crippen LogP contribution in [0.25, 0.3) is 0 Å². The Morgan fingerprint density at radius 3 is 2.62 bits per heavy atom. The Morgan fingerprint density at radius 1 is 1.15 bits per heavy atom. The summed E-state index contributed by atoms with van der Waals surface area (Å²) in [6, 6.07) is 8.03. The summed E-state index contributed by atoms with van der Waals surface area (Å²) < 4.78 is 10.7. The fourth-order valence-corrected chi connectivity index (χ4v) is 3.43. The highest BCUT2D eigenvalue weighted by molar-refractivity contribution is 5.79. The summed E-state index contributed by atoms with van der Waals surface area (Å²) in [6.45, 7) is 4.66. The molecule has 1 fully saturated rings. The molecule has 0 saturated heterocycles. The molecule has 26 heavy (non-hydrogen) atoms. The zero-order valence-electron chi connectivity index (χ0n) is 16.0. The van der Waals surface area contributed by atoms with Crippen molar-refractivity contribution in [3.8, 4) is 5.75 Å². The monoisotopic (exact) mass is 361 g/mol. The van der Waals surface area contributed by atoms with Crippen LogP contribution in [0.1, 0.15) is 57.9 Å². The van der Waals surface area contributed by atoms with Crippen molar-refractivity contribution in [3.63, 3.8) is 0 Å². The number of ether oxygens (including phenoxy) is 2. The molecular weight excluding hydrogens is 330 g/mol. The molecule has 0 unspecified atom stereocenters. The van der Waals surface area contributed by atoms with E-state index in [-0.39, 0.29) is 30.9 Å². The minimum Gasteiger partial charge on any atom is -0.484 e. The predicted molar refractivity (Wildman–Crippen MR) is 101 cm³/mol. The fraction of sp³-hybridized carbons (Fsp3) is 0.619. The van der Waals surface area contributed by atoms with Crippen LogP contribution in [0.15, 0.2) is 24.3 Å². The molecule has 1 aliphatic rings. The lowest BCUT2D eigenvalue weighted by Gasteiger charge is -2.34. The van der Waals surface area contributed by atoms with E-state index in [1.807, 2.05) is 29.2 Å². The van der Waals surface area contributed by atoms with E-state index in [0.717, 1.165) is 32.1 Å². The van der Waals surface area contributed by atoms with E-state index in [1.54, 1.807) is 6.92 Å². The normalized spacial score (nSPS) is 14.7. The van der Waals surface area contributed by atoms with Gasteiger partial charge in [-0.05, 0) is 43.9 Å². The van der Waals surface area contributed by atoms with Gasteiger partial charge in [0.2, 0.25) is 0 Å². The number of carbonyl (C=O) groups excluding carboxylic acids is 2. The quantitative estimate of drug-likeness (QED) is 0.629. The molecule has 0 radical (unpaired) electrons. The summed E-state index contributed by atoms with van der Waals surface area (Å²) in [6.07, 6.45) is 6.65. The number of amides is 1. The lowest BCUT2D eigenvalue weighted by molar-refractivity contribution is -0.145. The van der Waals surface area contributed by atoms with Gasteiger partial charge in [0.1, 0.15) is 5.75 Å². The van der Waals surface area contributed by atoms with Crippen molar-refractivity contribution in [3.05, 3.63) is 29.8 Å². The molecule has 0 N–H and O–H groups in total. The van der Waals surface area contributed by atoms with E-state index >= 15 is 0 Å². The summed E-state index contributed by atoms with van der Waals surface area (Å²) in [7, 11) is 0. The highest BCUT2D eigenvalue weighted by Gasteiger charge is 2.26. The maximum Gasteiger partial charge on any atom is 0.307 e. The Hall–Kier alpha value is -2.04. The minimum atomic E-state index is -0.252. The van der Waals surface area contributed by atoms with Crippen LogP contribution in [-0.4, -0.2) is 42.6 Å². The van der Waals surface area contributed by atoms with Gasteiger partial charge in [-0.1, -0.05) is 38.3 Å². The molecule has 1 amide bonds. The van der Waals surface area contributed by atoms with Crippen molar-refractivity contribution in [2.75, 3.05) is 19.8 Å². The second kappa shape index (κ2) is 10.8. The van der Waals surface area contributed by atoms with E-state index in [0.29, 0.717) is 18.9 Å². The first-order valence-electron chi connectivity index (χ1n) is 9.80. The number of esters is 1. The van der Waals surface area contributed by atoms with Crippen molar-refractivity contribution < 1.29 is 19.1 Å². The number of benzene rings is 1. The summed E-state index contributed by atoms with van der Waals surface area (Å²) >= 11 is 0. The lowest BCUT2D eigenvalue weighted by atomic mass is 9.94. The summed E-state index contributed by atoms with van der Waals surface area (Å²) in [4.78, 5) is 26.3. The topological polar surface area (TPSA) is 55.8 Å². The molecule has 0 atom stereocenters. The van der Waals surface area contributed by atoms with E-state index in [2.05, 4.69) is 6.92 Å². The molecule has 2 rings (SSSR count). The average Bonchev–Trinajstić information content (AvgIpc) is 2.67. The van der Waals surface area contributed by atoms with Gasteiger partial charge in [0.05, 0.1) is 13.0 Å². The van der Waals surface area contributed by atoms with Crippen LogP contribution in [0, 0.1) is 0 Å². The maximum atomic E-state index is 12.8. The average molecular weight is 361 g/mol. The number of nitrogens with zero attached hydrogens (tertiary/aromatic N) is 1. The number of aryl methyl sites for hydroxylation is 1. The van der Waals surface area contributed by atoms with Crippen LogP contribution in [-0.2, 0) is 20.7 Å². The number of rotatable bonds is 9. The van der Waals surface area contributed by atoms with Crippen molar-refractivity contribution in [1.82, 2.24) is 4.90 Å². The molecule has 0 aromatic heterocycles. The SMILES string of the molecule is CCOC(=O)CCN(C(=O)COc1cccc(CC)c1)C1CCCCC1. The maximum absolute atomic E-state index is 12.8. The minimum absolute atomic E-state index is 0.00644. The van der Waals surface area contributed by atoms with Crippen LogP contribution in [0.4, 0.5) is 0 Å². The molecular formula is C21H31NO4. The van der Waals surface area contributed by atoms with Crippen molar-refractivity contribution in [2.24, 2.45) is 0 Å². The Labute approximate surface area is 156 Å². The molecule has 1 aromatic rings.